The number of esters is 1. The lowest BCUT2D eigenvalue weighted by atomic mass is 10.0. The SMILES string of the molecule is Cc1cc2nc(COC(=O)c3cccc(NC(=O)CCC4CCCC4)c3C)cc(=O)n2o1. The molecule has 0 atom stereocenters. The third kappa shape index (κ3) is 4.90. The van der Waals surface area contributed by atoms with Gasteiger partial charge in [-0.1, -0.05) is 31.7 Å². The zero-order chi connectivity index (χ0) is 22.7. The number of nitrogens with one attached hydrogen (secondary N) is 1. The number of aryl methyl sites for hydroxylation is 1. The maximum Gasteiger partial charge on any atom is 0.338 e. The van der Waals surface area contributed by atoms with E-state index in [0.717, 1.165) is 11.0 Å². The van der Waals surface area contributed by atoms with Gasteiger partial charge >= 0.3 is 5.97 Å². The number of amides is 1. The lowest BCUT2D eigenvalue weighted by molar-refractivity contribution is -0.116. The lowest BCUT2D eigenvalue weighted by Gasteiger charge is -2.13. The van der Waals surface area contributed by atoms with Crippen LogP contribution in [-0.2, 0) is 16.1 Å². The fourth-order valence-electron chi connectivity index (χ4n) is 4.20. The van der Waals surface area contributed by atoms with E-state index in [1.807, 2.05) is 0 Å². The topological polar surface area (TPSA) is 103 Å². The van der Waals surface area contributed by atoms with Crippen molar-refractivity contribution in [1.82, 2.24) is 9.56 Å². The van der Waals surface area contributed by atoms with Crippen LogP contribution in [0.1, 0.15) is 65.9 Å². The number of benzene rings is 1. The number of carbonyl (C=O) groups excluding carboxylic acids is 2. The first-order valence-electron chi connectivity index (χ1n) is 11.0. The number of fused-ring (bicyclic) bond motifs is 1. The van der Waals surface area contributed by atoms with Crippen LogP contribution in [0.2, 0.25) is 0 Å². The molecule has 4 rings (SSSR count). The van der Waals surface area contributed by atoms with Crippen molar-refractivity contribution in [1.29, 1.82) is 0 Å². The van der Waals surface area contributed by atoms with Crippen molar-refractivity contribution in [3.63, 3.8) is 0 Å². The van der Waals surface area contributed by atoms with Crippen molar-refractivity contribution >= 4 is 23.2 Å². The van der Waals surface area contributed by atoms with Gasteiger partial charge in [-0.25, -0.2) is 9.78 Å². The summed E-state index contributed by atoms with van der Waals surface area (Å²) in [7, 11) is 0. The van der Waals surface area contributed by atoms with E-state index in [1.165, 1.54) is 31.7 Å². The molecule has 0 radical (unpaired) electrons. The number of anilines is 1. The highest BCUT2D eigenvalue weighted by Crippen LogP contribution is 2.29. The summed E-state index contributed by atoms with van der Waals surface area (Å²) in [6, 6.07) is 8.04. The normalized spacial score (nSPS) is 14.1. The highest BCUT2D eigenvalue weighted by molar-refractivity contribution is 5.96. The van der Waals surface area contributed by atoms with Crippen molar-refractivity contribution in [2.24, 2.45) is 5.92 Å². The molecule has 1 aliphatic rings. The number of carbonyl (C=O) groups is 2. The molecule has 8 nitrogen and oxygen atoms in total. The third-order valence-electron chi connectivity index (χ3n) is 5.96. The quantitative estimate of drug-likeness (QED) is 0.557. The highest BCUT2D eigenvalue weighted by atomic mass is 16.5. The summed E-state index contributed by atoms with van der Waals surface area (Å²) >= 11 is 0. The molecule has 1 amide bonds. The monoisotopic (exact) mass is 437 g/mol. The summed E-state index contributed by atoms with van der Waals surface area (Å²) in [4.78, 5) is 41.4. The predicted octanol–water partition coefficient (Wildman–Crippen LogP) is 4.17. The van der Waals surface area contributed by atoms with E-state index in [0.29, 0.717) is 46.3 Å². The Labute approximate surface area is 185 Å². The summed E-state index contributed by atoms with van der Waals surface area (Å²) in [5.74, 6) is 0.616. The van der Waals surface area contributed by atoms with E-state index in [-0.39, 0.29) is 18.1 Å². The molecule has 1 aromatic carbocycles. The van der Waals surface area contributed by atoms with Crippen LogP contribution < -0.4 is 10.9 Å². The average Bonchev–Trinajstić information content (AvgIpc) is 3.41. The van der Waals surface area contributed by atoms with Crippen LogP contribution in [0.3, 0.4) is 0 Å². The zero-order valence-electron chi connectivity index (χ0n) is 18.3. The number of aromatic nitrogens is 2. The minimum Gasteiger partial charge on any atom is -0.456 e. The number of nitrogens with zero attached hydrogens (tertiary/aromatic N) is 2. The molecule has 0 spiro atoms. The molecule has 0 saturated heterocycles. The first-order chi connectivity index (χ1) is 15.4. The summed E-state index contributed by atoms with van der Waals surface area (Å²) in [6.07, 6.45) is 6.33. The Hall–Kier alpha value is -3.42. The minimum atomic E-state index is -0.546. The Morgan fingerprint density at radius 3 is 2.78 bits per heavy atom. The first-order valence-corrected chi connectivity index (χ1v) is 11.0. The van der Waals surface area contributed by atoms with Gasteiger partial charge in [-0.3, -0.25) is 9.59 Å². The van der Waals surface area contributed by atoms with Crippen LogP contribution in [0, 0.1) is 19.8 Å². The Morgan fingerprint density at radius 1 is 1.22 bits per heavy atom. The average molecular weight is 437 g/mol. The molecule has 8 heteroatoms. The van der Waals surface area contributed by atoms with E-state index in [9.17, 15) is 14.4 Å². The largest absolute Gasteiger partial charge is 0.456 e. The molecular weight excluding hydrogens is 410 g/mol. The summed E-state index contributed by atoms with van der Waals surface area (Å²) in [5.41, 5.74) is 1.91. The predicted molar refractivity (Wildman–Crippen MR) is 119 cm³/mol. The van der Waals surface area contributed by atoms with Gasteiger partial charge in [-0.05, 0) is 43.9 Å². The van der Waals surface area contributed by atoms with Gasteiger partial charge in [0.05, 0.1) is 11.3 Å². The van der Waals surface area contributed by atoms with E-state index in [4.69, 9.17) is 9.26 Å². The zero-order valence-corrected chi connectivity index (χ0v) is 18.3. The van der Waals surface area contributed by atoms with Crippen molar-refractivity contribution in [2.45, 2.75) is 59.0 Å². The molecule has 3 aromatic rings. The van der Waals surface area contributed by atoms with Crippen molar-refractivity contribution < 1.29 is 18.8 Å². The van der Waals surface area contributed by atoms with Gasteiger partial charge in [0.15, 0.2) is 5.65 Å². The second-order valence-corrected chi connectivity index (χ2v) is 8.38. The molecule has 1 N–H and O–H groups in total. The third-order valence-corrected chi connectivity index (χ3v) is 5.96. The summed E-state index contributed by atoms with van der Waals surface area (Å²) in [5, 5.41) is 2.92. The second-order valence-electron chi connectivity index (χ2n) is 8.38. The van der Waals surface area contributed by atoms with Crippen LogP contribution >= 0.6 is 0 Å². The highest BCUT2D eigenvalue weighted by Gasteiger charge is 2.18. The van der Waals surface area contributed by atoms with Crippen LogP contribution in [-0.4, -0.2) is 21.4 Å². The molecule has 168 valence electrons. The number of rotatable bonds is 7. The molecule has 32 heavy (non-hydrogen) atoms. The molecule has 2 heterocycles. The molecule has 1 aliphatic carbocycles. The molecule has 2 aromatic heterocycles. The molecule has 0 aliphatic heterocycles. The Bertz CT molecular complexity index is 1200. The Morgan fingerprint density at radius 2 is 2.00 bits per heavy atom. The molecule has 0 unspecified atom stereocenters. The van der Waals surface area contributed by atoms with E-state index in [2.05, 4.69) is 10.3 Å². The van der Waals surface area contributed by atoms with Crippen LogP contribution in [0.25, 0.3) is 5.65 Å². The lowest BCUT2D eigenvalue weighted by Crippen LogP contribution is -2.16. The Balaban J connectivity index is 1.39. The fraction of sp³-hybridized carbons (Fsp3) is 0.417. The fourth-order valence-corrected chi connectivity index (χ4v) is 4.20. The van der Waals surface area contributed by atoms with Gasteiger partial charge < -0.3 is 14.6 Å². The van der Waals surface area contributed by atoms with Gasteiger partial charge in [-0.15, -0.1) is 4.57 Å². The van der Waals surface area contributed by atoms with Crippen LogP contribution in [0.5, 0.6) is 0 Å². The summed E-state index contributed by atoms with van der Waals surface area (Å²) in [6.45, 7) is 3.34. The second kappa shape index (κ2) is 9.38. The molecular formula is C24H27N3O5. The first kappa shape index (κ1) is 21.8. The van der Waals surface area contributed by atoms with Gasteiger partial charge in [0, 0.05) is 24.2 Å². The van der Waals surface area contributed by atoms with E-state index >= 15 is 0 Å². The number of hydrogen-bond acceptors (Lipinski definition) is 6. The molecule has 1 fully saturated rings. The van der Waals surface area contributed by atoms with Gasteiger partial charge in [0.2, 0.25) is 5.91 Å². The van der Waals surface area contributed by atoms with Crippen LogP contribution in [0.15, 0.2) is 39.6 Å². The maximum absolute atomic E-state index is 12.7. The van der Waals surface area contributed by atoms with Gasteiger partial charge in [-0.2, -0.15) is 0 Å². The van der Waals surface area contributed by atoms with Gasteiger partial charge in [0.25, 0.3) is 5.56 Å². The minimum absolute atomic E-state index is 0.0427. The van der Waals surface area contributed by atoms with Gasteiger partial charge in [0.1, 0.15) is 12.4 Å². The smallest absolute Gasteiger partial charge is 0.338 e. The van der Waals surface area contributed by atoms with Crippen molar-refractivity contribution in [2.75, 3.05) is 5.32 Å². The number of hydrogen-bond donors (Lipinski definition) is 1. The number of ether oxygens (including phenoxy) is 1. The van der Waals surface area contributed by atoms with Crippen molar-refractivity contribution in [3.8, 4) is 0 Å². The molecule has 1 saturated carbocycles. The van der Waals surface area contributed by atoms with Crippen molar-refractivity contribution in [3.05, 3.63) is 63.3 Å². The maximum atomic E-state index is 12.7. The van der Waals surface area contributed by atoms with E-state index in [1.54, 1.807) is 38.1 Å². The summed E-state index contributed by atoms with van der Waals surface area (Å²) < 4.78 is 11.7. The standard InChI is InChI=1S/C24H27N3O5/c1-15-12-21-25-18(13-23(29)27(21)32-15)14-31-24(30)19-8-5-9-20(16(19)2)26-22(28)11-10-17-6-3-4-7-17/h5,8-9,12-13,17H,3-4,6-7,10-11,14H2,1-2H3,(H,26,28). The van der Waals surface area contributed by atoms with Crippen LogP contribution in [0.4, 0.5) is 5.69 Å². The van der Waals surface area contributed by atoms with E-state index < -0.39 is 5.97 Å². The molecule has 0 bridgehead atoms. The Kier molecular flexibility index (Phi) is 6.39.